The summed E-state index contributed by atoms with van der Waals surface area (Å²) < 4.78 is 7.86. The summed E-state index contributed by atoms with van der Waals surface area (Å²) in [6.45, 7) is 2.69. The molecule has 0 saturated carbocycles. The van der Waals surface area contributed by atoms with Gasteiger partial charge in [0.2, 0.25) is 5.69 Å². The number of para-hydroxylation sites is 1. The minimum atomic E-state index is 0.605. The zero-order valence-corrected chi connectivity index (χ0v) is 8.60. The molecule has 0 unspecified atom stereocenters. The first-order chi connectivity index (χ1) is 7.36. The van der Waals surface area contributed by atoms with E-state index in [9.17, 15) is 0 Å². The Hall–Kier alpha value is -1.83. The molecule has 2 aromatic rings. The molecule has 0 spiro atoms. The van der Waals surface area contributed by atoms with Crippen molar-refractivity contribution < 1.29 is 9.30 Å². The van der Waals surface area contributed by atoms with E-state index in [1.54, 1.807) is 0 Å². The number of fused-ring (bicyclic) bond motifs is 3. The lowest BCUT2D eigenvalue weighted by Crippen LogP contribution is -2.41. The third-order valence-electron chi connectivity index (χ3n) is 2.78. The van der Waals surface area contributed by atoms with E-state index >= 15 is 0 Å². The number of aryl methyl sites for hydroxylation is 1. The van der Waals surface area contributed by atoms with Gasteiger partial charge in [-0.2, -0.15) is 4.57 Å². The average Bonchev–Trinajstić information content (AvgIpc) is 2.29. The van der Waals surface area contributed by atoms with Crippen molar-refractivity contribution in [3.63, 3.8) is 0 Å². The van der Waals surface area contributed by atoms with Crippen LogP contribution in [-0.4, -0.2) is 0 Å². The van der Waals surface area contributed by atoms with Crippen molar-refractivity contribution in [3.05, 3.63) is 48.2 Å². The minimum absolute atomic E-state index is 0.605. The van der Waals surface area contributed by atoms with Gasteiger partial charge < -0.3 is 4.74 Å². The summed E-state index contributed by atoms with van der Waals surface area (Å²) in [6.07, 6.45) is 2.04. The van der Waals surface area contributed by atoms with Crippen LogP contribution in [0, 0.1) is 6.92 Å². The average molecular weight is 198 g/mol. The predicted molar refractivity (Wildman–Crippen MR) is 57.4 cm³/mol. The Morgan fingerprint density at radius 1 is 1.13 bits per heavy atom. The lowest BCUT2D eigenvalue weighted by molar-refractivity contribution is -0.717. The number of benzene rings is 1. The van der Waals surface area contributed by atoms with Gasteiger partial charge in [0.15, 0.2) is 6.20 Å². The van der Waals surface area contributed by atoms with Crippen molar-refractivity contribution >= 4 is 0 Å². The van der Waals surface area contributed by atoms with E-state index in [-0.39, 0.29) is 0 Å². The molecule has 0 fully saturated rings. The van der Waals surface area contributed by atoms with E-state index in [0.717, 1.165) is 5.75 Å². The second kappa shape index (κ2) is 3.09. The predicted octanol–water partition coefficient (Wildman–Crippen LogP) is 2.30. The molecule has 0 saturated heterocycles. The molecule has 1 aliphatic heterocycles. The summed E-state index contributed by atoms with van der Waals surface area (Å²) in [5, 5.41) is 0. The van der Waals surface area contributed by atoms with E-state index in [2.05, 4.69) is 41.8 Å². The van der Waals surface area contributed by atoms with Crippen LogP contribution in [0.25, 0.3) is 11.3 Å². The summed E-state index contributed by atoms with van der Waals surface area (Å²) >= 11 is 0. The Kier molecular flexibility index (Phi) is 1.75. The highest BCUT2D eigenvalue weighted by Crippen LogP contribution is 2.33. The smallest absolute Gasteiger partial charge is 0.292 e. The van der Waals surface area contributed by atoms with Gasteiger partial charge in [0.05, 0.1) is 5.56 Å². The van der Waals surface area contributed by atoms with E-state index in [1.165, 1.54) is 16.8 Å². The SMILES string of the molecule is Cc1cccc2c1OC[n+]1ccccc1-2. The van der Waals surface area contributed by atoms with Crippen LogP contribution in [0.1, 0.15) is 5.56 Å². The van der Waals surface area contributed by atoms with E-state index < -0.39 is 0 Å². The molecule has 0 bridgehead atoms. The van der Waals surface area contributed by atoms with Crippen LogP contribution >= 0.6 is 0 Å². The van der Waals surface area contributed by atoms with Crippen molar-refractivity contribution in [2.75, 3.05) is 0 Å². The highest BCUT2D eigenvalue weighted by molar-refractivity contribution is 5.67. The Balaban J connectivity index is 2.30. The normalized spacial score (nSPS) is 12.6. The number of hydrogen-bond donors (Lipinski definition) is 0. The first-order valence-electron chi connectivity index (χ1n) is 5.07. The third kappa shape index (κ3) is 1.22. The van der Waals surface area contributed by atoms with Crippen LogP contribution < -0.4 is 9.30 Å². The van der Waals surface area contributed by atoms with Gasteiger partial charge in [-0.3, -0.25) is 0 Å². The topological polar surface area (TPSA) is 13.1 Å². The Morgan fingerprint density at radius 2 is 2.07 bits per heavy atom. The van der Waals surface area contributed by atoms with E-state index in [1.807, 2.05) is 12.3 Å². The maximum atomic E-state index is 5.74. The van der Waals surface area contributed by atoms with Crippen molar-refractivity contribution in [2.45, 2.75) is 13.7 Å². The lowest BCUT2D eigenvalue weighted by Gasteiger charge is -2.16. The number of nitrogens with zero attached hydrogens (tertiary/aromatic N) is 1. The number of hydrogen-bond acceptors (Lipinski definition) is 1. The highest BCUT2D eigenvalue weighted by Gasteiger charge is 2.23. The minimum Gasteiger partial charge on any atom is -0.435 e. The van der Waals surface area contributed by atoms with Gasteiger partial charge in [0.25, 0.3) is 6.73 Å². The first-order valence-corrected chi connectivity index (χ1v) is 5.07. The maximum Gasteiger partial charge on any atom is 0.292 e. The molecule has 0 radical (unpaired) electrons. The van der Waals surface area contributed by atoms with Crippen molar-refractivity contribution in [1.82, 2.24) is 0 Å². The van der Waals surface area contributed by atoms with Crippen LogP contribution in [0.4, 0.5) is 0 Å². The standard InChI is InChI=1S/C13H12NO/c1-10-5-4-6-11-12-7-2-3-8-14(12)9-15-13(10)11/h2-8H,9H2,1H3/q+1. The molecule has 1 aromatic carbocycles. The Bertz CT molecular complexity index is 520. The molecule has 1 aromatic heterocycles. The van der Waals surface area contributed by atoms with Crippen LogP contribution in [0.2, 0.25) is 0 Å². The van der Waals surface area contributed by atoms with Gasteiger partial charge in [-0.25, -0.2) is 0 Å². The van der Waals surface area contributed by atoms with Gasteiger partial charge in [0.1, 0.15) is 5.75 Å². The lowest BCUT2D eigenvalue weighted by atomic mass is 10.1. The van der Waals surface area contributed by atoms with Crippen LogP contribution in [0.15, 0.2) is 42.6 Å². The molecule has 2 heterocycles. The van der Waals surface area contributed by atoms with Crippen LogP contribution in [-0.2, 0) is 6.73 Å². The number of aromatic nitrogens is 1. The van der Waals surface area contributed by atoms with Gasteiger partial charge in [-0.15, -0.1) is 0 Å². The first kappa shape index (κ1) is 8.48. The van der Waals surface area contributed by atoms with Crippen molar-refractivity contribution in [2.24, 2.45) is 0 Å². The maximum absolute atomic E-state index is 5.74. The molecule has 1 aliphatic rings. The molecule has 0 amide bonds. The number of ether oxygens (including phenoxy) is 1. The summed E-state index contributed by atoms with van der Waals surface area (Å²) in [4.78, 5) is 0. The molecule has 0 aliphatic carbocycles. The second-order valence-corrected chi connectivity index (χ2v) is 3.78. The van der Waals surface area contributed by atoms with Crippen molar-refractivity contribution in [1.29, 1.82) is 0 Å². The van der Waals surface area contributed by atoms with Crippen LogP contribution in [0.5, 0.6) is 5.75 Å². The molecule has 3 rings (SSSR count). The number of rotatable bonds is 0. The zero-order chi connectivity index (χ0) is 10.3. The zero-order valence-electron chi connectivity index (χ0n) is 8.60. The molecule has 0 N–H and O–H groups in total. The number of pyridine rings is 1. The largest absolute Gasteiger partial charge is 0.435 e. The van der Waals surface area contributed by atoms with Gasteiger partial charge >= 0.3 is 0 Å². The van der Waals surface area contributed by atoms with E-state index in [4.69, 9.17) is 4.74 Å². The Morgan fingerprint density at radius 3 is 3.00 bits per heavy atom. The van der Waals surface area contributed by atoms with Gasteiger partial charge in [-0.1, -0.05) is 12.1 Å². The third-order valence-corrected chi connectivity index (χ3v) is 2.78. The molecular formula is C13H12NO+. The molecule has 0 atom stereocenters. The summed E-state index contributed by atoms with van der Waals surface area (Å²) in [7, 11) is 0. The highest BCUT2D eigenvalue weighted by atomic mass is 16.5. The fraction of sp³-hybridized carbons (Fsp3) is 0.154. The fourth-order valence-corrected chi connectivity index (χ4v) is 2.01. The van der Waals surface area contributed by atoms with Crippen molar-refractivity contribution in [3.8, 4) is 17.0 Å². The molecule has 2 heteroatoms. The van der Waals surface area contributed by atoms with Gasteiger partial charge in [0, 0.05) is 12.1 Å². The fourth-order valence-electron chi connectivity index (χ4n) is 2.01. The molecule has 15 heavy (non-hydrogen) atoms. The summed E-state index contributed by atoms with van der Waals surface area (Å²) in [5.74, 6) is 1.02. The Labute approximate surface area is 88.8 Å². The quantitative estimate of drug-likeness (QED) is 0.592. The van der Waals surface area contributed by atoms with Crippen LogP contribution in [0.3, 0.4) is 0 Å². The van der Waals surface area contributed by atoms with Gasteiger partial charge in [-0.05, 0) is 24.6 Å². The summed E-state index contributed by atoms with van der Waals surface area (Å²) in [5.41, 5.74) is 3.60. The van der Waals surface area contributed by atoms with E-state index in [0.29, 0.717) is 6.73 Å². The molecule has 2 nitrogen and oxygen atoms in total. The second-order valence-electron chi connectivity index (χ2n) is 3.78. The summed E-state index contributed by atoms with van der Waals surface area (Å²) in [6, 6.07) is 12.5. The molecular weight excluding hydrogens is 186 g/mol. The molecule has 74 valence electrons. The monoisotopic (exact) mass is 198 g/mol.